The molecule has 156 valence electrons. The maximum atomic E-state index is 12.4. The van der Waals surface area contributed by atoms with Crippen LogP contribution in [0.15, 0.2) is 60.8 Å². The topological polar surface area (TPSA) is 93.5 Å². The third-order valence-electron chi connectivity index (χ3n) is 4.42. The molecular formula is C24H21N3O4. The van der Waals surface area contributed by atoms with E-state index in [1.807, 2.05) is 19.1 Å². The van der Waals surface area contributed by atoms with Gasteiger partial charge in [-0.2, -0.15) is 5.26 Å². The lowest BCUT2D eigenvalue weighted by Crippen LogP contribution is -2.09. The van der Waals surface area contributed by atoms with Gasteiger partial charge in [0.25, 0.3) is 0 Å². The van der Waals surface area contributed by atoms with E-state index in [2.05, 4.69) is 10.3 Å². The number of aromatic nitrogens is 1. The van der Waals surface area contributed by atoms with Crippen molar-refractivity contribution >= 4 is 17.7 Å². The summed E-state index contributed by atoms with van der Waals surface area (Å²) < 4.78 is 16.2. The van der Waals surface area contributed by atoms with Crippen LogP contribution < -0.4 is 19.5 Å². The first-order valence-electron chi connectivity index (χ1n) is 9.38. The average Bonchev–Trinajstić information content (AvgIpc) is 2.79. The van der Waals surface area contributed by atoms with E-state index in [0.717, 1.165) is 11.1 Å². The Morgan fingerprint density at radius 2 is 1.90 bits per heavy atom. The molecule has 0 aliphatic carbocycles. The Morgan fingerprint density at radius 3 is 2.61 bits per heavy atom. The van der Waals surface area contributed by atoms with Crippen LogP contribution in [-0.2, 0) is 4.79 Å². The highest BCUT2D eigenvalue weighted by Crippen LogP contribution is 2.27. The molecule has 0 aliphatic heterocycles. The molecule has 0 radical (unpaired) electrons. The lowest BCUT2D eigenvalue weighted by Gasteiger charge is -2.10. The summed E-state index contributed by atoms with van der Waals surface area (Å²) in [5.74, 6) is 1.74. The number of methoxy groups -OCH3 is 2. The Labute approximate surface area is 180 Å². The third kappa shape index (κ3) is 5.40. The Bertz CT molecular complexity index is 1170. The van der Waals surface area contributed by atoms with E-state index in [0.29, 0.717) is 28.5 Å². The number of benzene rings is 2. The quantitative estimate of drug-likeness (QED) is 0.561. The highest BCUT2D eigenvalue weighted by Gasteiger charge is 2.09. The van der Waals surface area contributed by atoms with Gasteiger partial charge in [-0.25, -0.2) is 4.98 Å². The van der Waals surface area contributed by atoms with E-state index < -0.39 is 0 Å². The molecule has 31 heavy (non-hydrogen) atoms. The van der Waals surface area contributed by atoms with Crippen molar-refractivity contribution in [3.63, 3.8) is 0 Å². The maximum Gasteiger partial charge on any atom is 0.248 e. The first-order chi connectivity index (χ1) is 15.0. The number of hydrogen-bond acceptors (Lipinski definition) is 6. The van der Waals surface area contributed by atoms with E-state index in [9.17, 15) is 4.79 Å². The summed E-state index contributed by atoms with van der Waals surface area (Å²) in [5, 5.41) is 12.0. The summed E-state index contributed by atoms with van der Waals surface area (Å²) in [6, 6.07) is 15.9. The fourth-order valence-electron chi connectivity index (χ4n) is 2.80. The monoisotopic (exact) mass is 415 g/mol. The second-order valence-electron chi connectivity index (χ2n) is 6.48. The van der Waals surface area contributed by atoms with Crippen LogP contribution in [0.5, 0.6) is 23.1 Å². The molecule has 1 aromatic heterocycles. The predicted octanol–water partition coefficient (Wildman–Crippen LogP) is 4.72. The first-order valence-corrected chi connectivity index (χ1v) is 9.38. The number of aryl methyl sites for hydroxylation is 1. The zero-order chi connectivity index (χ0) is 22.2. The van der Waals surface area contributed by atoms with Gasteiger partial charge in [-0.15, -0.1) is 0 Å². The van der Waals surface area contributed by atoms with Gasteiger partial charge in [0, 0.05) is 29.6 Å². The highest BCUT2D eigenvalue weighted by molar-refractivity contribution is 6.02. The van der Waals surface area contributed by atoms with Gasteiger partial charge < -0.3 is 19.5 Å². The zero-order valence-electron chi connectivity index (χ0n) is 17.4. The fourth-order valence-corrected chi connectivity index (χ4v) is 2.80. The summed E-state index contributed by atoms with van der Waals surface area (Å²) in [6.45, 7) is 1.85. The number of carbonyl (C=O) groups excluding carboxylic acids is 1. The molecular weight excluding hydrogens is 394 g/mol. The molecule has 0 atom stereocenters. The van der Waals surface area contributed by atoms with Crippen LogP contribution in [0.4, 0.5) is 5.69 Å². The van der Waals surface area contributed by atoms with Crippen molar-refractivity contribution in [1.29, 1.82) is 5.26 Å². The molecule has 1 N–H and O–H groups in total. The maximum absolute atomic E-state index is 12.4. The number of nitrogens with one attached hydrogen (secondary N) is 1. The number of carbonyl (C=O) groups is 1. The number of pyridine rings is 1. The van der Waals surface area contributed by atoms with E-state index in [1.54, 1.807) is 69.0 Å². The van der Waals surface area contributed by atoms with Crippen molar-refractivity contribution in [3.05, 3.63) is 77.5 Å². The number of hydrogen-bond donors (Lipinski definition) is 1. The van der Waals surface area contributed by atoms with Gasteiger partial charge in [0.1, 0.15) is 28.9 Å². The van der Waals surface area contributed by atoms with Crippen molar-refractivity contribution < 1.29 is 19.0 Å². The second kappa shape index (κ2) is 9.94. The standard InChI is InChI=1S/C24H21N3O4/c1-16-13-20(31-24-18(15-25)5-4-12-26-24)9-10-21(16)27-23(28)11-7-17-6-8-19(29-2)14-22(17)30-3/h4-14H,1-3H3,(H,27,28). The minimum Gasteiger partial charge on any atom is -0.497 e. The molecule has 0 fully saturated rings. The molecule has 7 nitrogen and oxygen atoms in total. The summed E-state index contributed by atoms with van der Waals surface area (Å²) in [4.78, 5) is 16.5. The average molecular weight is 415 g/mol. The minimum atomic E-state index is -0.286. The predicted molar refractivity (Wildman–Crippen MR) is 117 cm³/mol. The van der Waals surface area contributed by atoms with Gasteiger partial charge in [0.2, 0.25) is 11.8 Å². The molecule has 1 heterocycles. The van der Waals surface area contributed by atoms with E-state index in [1.165, 1.54) is 6.08 Å². The highest BCUT2D eigenvalue weighted by atomic mass is 16.5. The number of rotatable bonds is 7. The number of ether oxygens (including phenoxy) is 3. The fraction of sp³-hybridized carbons (Fsp3) is 0.125. The Kier molecular flexibility index (Phi) is 6.86. The number of nitriles is 1. The first kappa shape index (κ1) is 21.4. The molecule has 0 bridgehead atoms. The molecule has 2 aromatic carbocycles. The summed E-state index contributed by atoms with van der Waals surface area (Å²) in [7, 11) is 3.14. The molecule has 0 spiro atoms. The van der Waals surface area contributed by atoms with Gasteiger partial charge in [-0.05, 0) is 61.0 Å². The molecule has 0 saturated heterocycles. The van der Waals surface area contributed by atoms with Gasteiger partial charge in [0.05, 0.1) is 14.2 Å². The van der Waals surface area contributed by atoms with Crippen LogP contribution >= 0.6 is 0 Å². The second-order valence-corrected chi connectivity index (χ2v) is 6.48. The largest absolute Gasteiger partial charge is 0.497 e. The molecule has 0 unspecified atom stereocenters. The van der Waals surface area contributed by atoms with Crippen LogP contribution in [-0.4, -0.2) is 25.1 Å². The SMILES string of the molecule is COc1ccc(C=CC(=O)Nc2ccc(Oc3ncccc3C#N)cc2C)c(OC)c1. The van der Waals surface area contributed by atoms with Gasteiger partial charge in [-0.3, -0.25) is 4.79 Å². The van der Waals surface area contributed by atoms with E-state index in [-0.39, 0.29) is 11.8 Å². The molecule has 3 rings (SSSR count). The Hall–Kier alpha value is -4.31. The minimum absolute atomic E-state index is 0.234. The third-order valence-corrected chi connectivity index (χ3v) is 4.42. The molecule has 7 heteroatoms. The van der Waals surface area contributed by atoms with Crippen LogP contribution in [0.3, 0.4) is 0 Å². The molecule has 3 aromatic rings. The van der Waals surface area contributed by atoms with Gasteiger partial charge in [-0.1, -0.05) is 0 Å². The van der Waals surface area contributed by atoms with Crippen LogP contribution in [0.1, 0.15) is 16.7 Å². The summed E-state index contributed by atoms with van der Waals surface area (Å²) in [6.07, 6.45) is 4.66. The zero-order valence-corrected chi connectivity index (χ0v) is 17.4. The normalized spacial score (nSPS) is 10.4. The molecule has 0 aliphatic rings. The van der Waals surface area contributed by atoms with E-state index in [4.69, 9.17) is 19.5 Å². The summed E-state index contributed by atoms with van der Waals surface area (Å²) >= 11 is 0. The van der Waals surface area contributed by atoms with Crippen LogP contribution in [0.25, 0.3) is 6.08 Å². The Morgan fingerprint density at radius 1 is 1.10 bits per heavy atom. The molecule has 1 amide bonds. The van der Waals surface area contributed by atoms with E-state index >= 15 is 0 Å². The van der Waals surface area contributed by atoms with Crippen molar-refractivity contribution in [3.8, 4) is 29.2 Å². The van der Waals surface area contributed by atoms with Crippen molar-refractivity contribution in [1.82, 2.24) is 4.98 Å². The lowest BCUT2D eigenvalue weighted by atomic mass is 10.1. The van der Waals surface area contributed by atoms with Gasteiger partial charge in [0.15, 0.2) is 0 Å². The number of amides is 1. The smallest absolute Gasteiger partial charge is 0.248 e. The number of anilines is 1. The van der Waals surface area contributed by atoms with Crippen LogP contribution in [0.2, 0.25) is 0 Å². The summed E-state index contributed by atoms with van der Waals surface area (Å²) in [5.41, 5.74) is 2.54. The number of nitrogens with zero attached hydrogens (tertiary/aromatic N) is 2. The van der Waals surface area contributed by atoms with Crippen molar-refractivity contribution in [2.45, 2.75) is 6.92 Å². The van der Waals surface area contributed by atoms with Crippen molar-refractivity contribution in [2.75, 3.05) is 19.5 Å². The van der Waals surface area contributed by atoms with Crippen LogP contribution in [0, 0.1) is 18.3 Å². The van der Waals surface area contributed by atoms with Gasteiger partial charge >= 0.3 is 0 Å². The Balaban J connectivity index is 1.69. The molecule has 0 saturated carbocycles. The van der Waals surface area contributed by atoms with Crippen molar-refractivity contribution in [2.24, 2.45) is 0 Å². The lowest BCUT2D eigenvalue weighted by molar-refractivity contribution is -0.111.